The molecule has 1 amide bonds. The Morgan fingerprint density at radius 1 is 1.36 bits per heavy atom. The number of nitrogens with one attached hydrogen (secondary N) is 1. The van der Waals surface area contributed by atoms with Crippen LogP contribution in [-0.2, 0) is 19.7 Å². The molecule has 5 nitrogen and oxygen atoms in total. The minimum absolute atomic E-state index is 0. The predicted octanol–water partition coefficient (Wildman–Crippen LogP) is 1.25. The molecule has 6 heteroatoms. The molecule has 1 fully saturated rings. The van der Waals surface area contributed by atoms with E-state index in [1.165, 1.54) is 12.7 Å². The van der Waals surface area contributed by atoms with Crippen molar-refractivity contribution in [1.82, 2.24) is 5.32 Å². The maximum atomic E-state index is 12.0. The lowest BCUT2D eigenvalue weighted by molar-refractivity contribution is -0.124. The Balaban J connectivity index is 0.00000242. The highest BCUT2D eigenvalue weighted by molar-refractivity contribution is 5.85. The van der Waals surface area contributed by atoms with E-state index < -0.39 is 6.04 Å². The number of nitrogens with two attached hydrogens (primary N) is 1. The summed E-state index contributed by atoms with van der Waals surface area (Å²) in [5.74, 6) is -0.168. The van der Waals surface area contributed by atoms with E-state index in [1.54, 1.807) is 0 Å². The molecule has 1 aromatic rings. The van der Waals surface area contributed by atoms with E-state index in [2.05, 4.69) is 17.4 Å². The molecular formula is C16H25ClN2O3. The van der Waals surface area contributed by atoms with Crippen molar-refractivity contribution < 1.29 is 14.3 Å². The van der Waals surface area contributed by atoms with Gasteiger partial charge in [-0.15, -0.1) is 12.4 Å². The first-order valence-electron chi connectivity index (χ1n) is 7.33. The van der Waals surface area contributed by atoms with Gasteiger partial charge in [0.1, 0.15) is 6.04 Å². The molecular weight excluding hydrogens is 304 g/mol. The molecule has 1 unspecified atom stereocenters. The van der Waals surface area contributed by atoms with E-state index in [0.717, 1.165) is 26.1 Å². The lowest BCUT2D eigenvalue weighted by atomic mass is 9.74. The van der Waals surface area contributed by atoms with Crippen molar-refractivity contribution in [2.75, 3.05) is 33.5 Å². The zero-order valence-corrected chi connectivity index (χ0v) is 13.7. The predicted molar refractivity (Wildman–Crippen MR) is 88.3 cm³/mol. The van der Waals surface area contributed by atoms with Crippen molar-refractivity contribution in [3.05, 3.63) is 35.9 Å². The number of amides is 1. The Morgan fingerprint density at radius 3 is 2.59 bits per heavy atom. The standard InChI is InChI=1S/C16H24N2O3.ClH/c1-20-11-14(17)15(19)18-12-16(7-9-21-10-8-16)13-5-3-2-4-6-13;/h2-6,14H,7-12,17H2,1H3,(H,18,19);1H. The van der Waals surface area contributed by atoms with E-state index in [9.17, 15) is 4.79 Å². The van der Waals surface area contributed by atoms with E-state index in [1.807, 2.05) is 18.2 Å². The van der Waals surface area contributed by atoms with Crippen molar-refractivity contribution >= 4 is 18.3 Å². The fourth-order valence-corrected chi connectivity index (χ4v) is 2.76. The summed E-state index contributed by atoms with van der Waals surface area (Å²) < 4.78 is 10.4. The molecule has 0 aliphatic carbocycles. The molecule has 0 saturated carbocycles. The molecule has 2 rings (SSSR count). The van der Waals surface area contributed by atoms with Crippen molar-refractivity contribution in [3.8, 4) is 0 Å². The van der Waals surface area contributed by atoms with Crippen molar-refractivity contribution in [1.29, 1.82) is 0 Å². The highest BCUT2D eigenvalue weighted by Gasteiger charge is 2.35. The van der Waals surface area contributed by atoms with Crippen LogP contribution >= 0.6 is 12.4 Å². The Hall–Kier alpha value is -1.14. The first kappa shape index (κ1) is 18.9. The second kappa shape index (κ2) is 9.10. The van der Waals surface area contributed by atoms with Crippen LogP contribution in [0.25, 0.3) is 0 Å². The number of halogens is 1. The Morgan fingerprint density at radius 2 is 2.00 bits per heavy atom. The van der Waals surface area contributed by atoms with Crippen molar-refractivity contribution in [2.45, 2.75) is 24.3 Å². The van der Waals surface area contributed by atoms with Crippen LogP contribution in [0.4, 0.5) is 0 Å². The zero-order valence-electron chi connectivity index (χ0n) is 12.9. The SMILES string of the molecule is COCC(N)C(=O)NCC1(c2ccccc2)CCOCC1.Cl. The van der Waals surface area contributed by atoms with E-state index in [-0.39, 0.29) is 30.3 Å². The van der Waals surface area contributed by atoms with Crippen LogP contribution in [0.1, 0.15) is 18.4 Å². The first-order chi connectivity index (χ1) is 10.2. The number of hydrogen-bond donors (Lipinski definition) is 2. The number of hydrogen-bond acceptors (Lipinski definition) is 4. The fourth-order valence-electron chi connectivity index (χ4n) is 2.76. The second-order valence-electron chi connectivity index (χ2n) is 5.54. The molecule has 1 aromatic carbocycles. The molecule has 22 heavy (non-hydrogen) atoms. The summed E-state index contributed by atoms with van der Waals surface area (Å²) in [6.45, 7) is 2.24. The topological polar surface area (TPSA) is 73.6 Å². The molecule has 1 atom stereocenters. The highest BCUT2D eigenvalue weighted by atomic mass is 35.5. The average Bonchev–Trinajstić information content (AvgIpc) is 2.54. The zero-order chi connectivity index (χ0) is 15.1. The molecule has 0 bridgehead atoms. The number of carbonyl (C=O) groups excluding carboxylic acids is 1. The third kappa shape index (κ3) is 4.68. The second-order valence-corrected chi connectivity index (χ2v) is 5.54. The van der Waals surface area contributed by atoms with Gasteiger partial charge in [0.15, 0.2) is 0 Å². The Labute approximate surface area is 138 Å². The van der Waals surface area contributed by atoms with Gasteiger partial charge in [0.05, 0.1) is 6.61 Å². The summed E-state index contributed by atoms with van der Waals surface area (Å²) in [7, 11) is 1.54. The van der Waals surface area contributed by atoms with Crippen LogP contribution in [0.3, 0.4) is 0 Å². The summed E-state index contributed by atoms with van der Waals surface area (Å²) in [5, 5.41) is 2.98. The highest BCUT2D eigenvalue weighted by Crippen LogP contribution is 2.34. The monoisotopic (exact) mass is 328 g/mol. The number of carbonyl (C=O) groups is 1. The minimum Gasteiger partial charge on any atom is -0.383 e. The van der Waals surface area contributed by atoms with Crippen molar-refractivity contribution in [2.24, 2.45) is 5.73 Å². The maximum Gasteiger partial charge on any atom is 0.239 e. The molecule has 0 radical (unpaired) electrons. The van der Waals surface area contributed by atoms with Crippen LogP contribution in [0.15, 0.2) is 30.3 Å². The normalized spacial score (nSPS) is 18.1. The molecule has 1 saturated heterocycles. The number of rotatable bonds is 6. The van der Waals surface area contributed by atoms with Gasteiger partial charge in [0.2, 0.25) is 5.91 Å². The van der Waals surface area contributed by atoms with E-state index >= 15 is 0 Å². The summed E-state index contributed by atoms with van der Waals surface area (Å²) in [5.41, 5.74) is 6.94. The first-order valence-corrected chi connectivity index (χ1v) is 7.33. The van der Waals surface area contributed by atoms with Crippen LogP contribution in [0.2, 0.25) is 0 Å². The molecule has 1 aliphatic heterocycles. The van der Waals surface area contributed by atoms with Gasteiger partial charge in [-0.05, 0) is 18.4 Å². The van der Waals surface area contributed by atoms with Crippen LogP contribution in [0, 0.1) is 0 Å². The Bertz CT molecular complexity index is 450. The molecule has 124 valence electrons. The average molecular weight is 329 g/mol. The summed E-state index contributed by atoms with van der Waals surface area (Å²) >= 11 is 0. The largest absolute Gasteiger partial charge is 0.383 e. The van der Waals surface area contributed by atoms with Crippen molar-refractivity contribution in [3.63, 3.8) is 0 Å². The molecule has 1 aliphatic rings. The van der Waals surface area contributed by atoms with Gasteiger partial charge < -0.3 is 20.5 Å². The summed E-state index contributed by atoms with van der Waals surface area (Å²) in [6.07, 6.45) is 1.80. The van der Waals surface area contributed by atoms with Gasteiger partial charge in [-0.3, -0.25) is 4.79 Å². The number of ether oxygens (including phenoxy) is 2. The lowest BCUT2D eigenvalue weighted by Gasteiger charge is -2.38. The fraction of sp³-hybridized carbons (Fsp3) is 0.562. The van der Waals surface area contributed by atoms with Gasteiger partial charge in [-0.25, -0.2) is 0 Å². The number of methoxy groups -OCH3 is 1. The van der Waals surface area contributed by atoms with E-state index in [0.29, 0.717) is 6.54 Å². The quantitative estimate of drug-likeness (QED) is 0.824. The van der Waals surface area contributed by atoms with Crippen LogP contribution in [-0.4, -0.2) is 45.4 Å². The van der Waals surface area contributed by atoms with Gasteiger partial charge in [-0.2, -0.15) is 0 Å². The molecule has 0 spiro atoms. The molecule has 3 N–H and O–H groups in total. The van der Waals surface area contributed by atoms with Gasteiger partial charge in [0.25, 0.3) is 0 Å². The third-order valence-electron chi connectivity index (χ3n) is 4.12. The number of benzene rings is 1. The van der Waals surface area contributed by atoms with E-state index in [4.69, 9.17) is 15.2 Å². The minimum atomic E-state index is -0.623. The van der Waals surface area contributed by atoms with Crippen LogP contribution < -0.4 is 11.1 Å². The third-order valence-corrected chi connectivity index (χ3v) is 4.12. The lowest BCUT2D eigenvalue weighted by Crippen LogP contribution is -2.50. The summed E-state index contributed by atoms with van der Waals surface area (Å²) in [6, 6.07) is 9.68. The van der Waals surface area contributed by atoms with Gasteiger partial charge >= 0.3 is 0 Å². The maximum absolute atomic E-state index is 12.0. The molecule has 1 heterocycles. The smallest absolute Gasteiger partial charge is 0.239 e. The summed E-state index contributed by atoms with van der Waals surface area (Å²) in [4.78, 5) is 12.0. The van der Waals surface area contributed by atoms with Crippen LogP contribution in [0.5, 0.6) is 0 Å². The molecule has 0 aromatic heterocycles. The van der Waals surface area contributed by atoms with Gasteiger partial charge in [0, 0.05) is 32.3 Å². The Kier molecular flexibility index (Phi) is 7.82. The van der Waals surface area contributed by atoms with Gasteiger partial charge in [-0.1, -0.05) is 30.3 Å².